The third-order valence-corrected chi connectivity index (χ3v) is 4.66. The molecular formula is C16H27Cl3N4O2. The normalized spacial score (nSPS) is 15.1. The van der Waals surface area contributed by atoms with Gasteiger partial charge in [-0.3, -0.25) is 9.59 Å². The Bertz CT molecular complexity index is 602. The number of nitrogen functional groups attached to an aromatic ring is 1. The summed E-state index contributed by atoms with van der Waals surface area (Å²) >= 11 is 5.86. The first-order chi connectivity index (χ1) is 11.0. The first-order valence-corrected chi connectivity index (χ1v) is 8.58. The molecule has 25 heavy (non-hydrogen) atoms. The van der Waals surface area contributed by atoms with Crippen LogP contribution in [0, 0.1) is 5.92 Å². The molecule has 4 N–H and O–H groups in total. The highest BCUT2D eigenvalue weighted by Gasteiger charge is 2.20. The molecule has 0 atom stereocenters. The molecule has 2 rings (SSSR count). The summed E-state index contributed by atoms with van der Waals surface area (Å²) in [5.74, 6) is 0.134. The average Bonchev–Trinajstić information content (AvgIpc) is 2.55. The van der Waals surface area contributed by atoms with E-state index in [0.29, 0.717) is 12.5 Å². The highest BCUT2D eigenvalue weighted by Crippen LogP contribution is 2.17. The largest absolute Gasteiger partial charge is 0.384 e. The molecule has 9 heteroatoms. The number of hydrogen-bond donors (Lipinski definition) is 3. The van der Waals surface area contributed by atoms with Gasteiger partial charge in [0, 0.05) is 6.54 Å². The second kappa shape index (κ2) is 11.6. The molecule has 1 saturated heterocycles. The minimum Gasteiger partial charge on any atom is -0.384 e. The Balaban J connectivity index is 0.00000288. The Hall–Kier alpha value is -0.950. The van der Waals surface area contributed by atoms with E-state index in [1.54, 1.807) is 0 Å². The highest BCUT2D eigenvalue weighted by molar-refractivity contribution is 6.33. The Kier molecular flexibility index (Phi) is 11.2. The van der Waals surface area contributed by atoms with Gasteiger partial charge in [-0.05, 0) is 50.9 Å². The summed E-state index contributed by atoms with van der Waals surface area (Å²) in [6.45, 7) is 6.11. The zero-order valence-corrected chi connectivity index (χ0v) is 16.7. The third-order valence-electron chi connectivity index (χ3n) is 4.35. The van der Waals surface area contributed by atoms with E-state index in [0.717, 1.165) is 32.5 Å². The van der Waals surface area contributed by atoms with Crippen LogP contribution in [-0.4, -0.2) is 42.0 Å². The molecule has 6 nitrogen and oxygen atoms in total. The first-order valence-electron chi connectivity index (χ1n) is 8.20. The van der Waals surface area contributed by atoms with Gasteiger partial charge in [0.25, 0.3) is 11.5 Å². The molecule has 144 valence electrons. The number of carbonyl (C=O) groups is 1. The molecule has 0 aliphatic carbocycles. The fourth-order valence-electron chi connectivity index (χ4n) is 2.82. The van der Waals surface area contributed by atoms with Gasteiger partial charge in [0.1, 0.15) is 11.4 Å². The lowest BCUT2D eigenvalue weighted by Gasteiger charge is -2.31. The summed E-state index contributed by atoms with van der Waals surface area (Å²) in [5.41, 5.74) is 4.99. The summed E-state index contributed by atoms with van der Waals surface area (Å²) in [5, 5.41) is 3.02. The quantitative estimate of drug-likeness (QED) is 0.668. The lowest BCUT2D eigenvalue weighted by atomic mass is 9.96. The molecular weight excluding hydrogens is 387 g/mol. The van der Waals surface area contributed by atoms with Crippen molar-refractivity contribution in [1.82, 2.24) is 15.2 Å². The minimum atomic E-state index is -0.515. The molecule has 1 aliphatic heterocycles. The second-order valence-corrected chi connectivity index (χ2v) is 6.53. The van der Waals surface area contributed by atoms with Gasteiger partial charge >= 0.3 is 0 Å². The van der Waals surface area contributed by atoms with Crippen LogP contribution in [-0.2, 0) is 0 Å². The van der Waals surface area contributed by atoms with E-state index in [9.17, 15) is 9.59 Å². The number of H-pyrrole nitrogens is 1. The Morgan fingerprint density at radius 2 is 2.04 bits per heavy atom. The lowest BCUT2D eigenvalue weighted by Crippen LogP contribution is -2.39. The van der Waals surface area contributed by atoms with Crippen molar-refractivity contribution in [1.29, 1.82) is 0 Å². The summed E-state index contributed by atoms with van der Waals surface area (Å²) in [4.78, 5) is 28.8. The van der Waals surface area contributed by atoms with E-state index >= 15 is 0 Å². The van der Waals surface area contributed by atoms with Crippen molar-refractivity contribution in [2.24, 2.45) is 5.92 Å². The van der Waals surface area contributed by atoms with Gasteiger partial charge in [-0.25, -0.2) is 0 Å². The third kappa shape index (κ3) is 7.05. The smallest absolute Gasteiger partial charge is 0.262 e. The first kappa shape index (κ1) is 24.1. The van der Waals surface area contributed by atoms with Crippen LogP contribution in [0.4, 0.5) is 5.82 Å². The van der Waals surface area contributed by atoms with Crippen molar-refractivity contribution >= 4 is 48.1 Å². The van der Waals surface area contributed by atoms with Crippen LogP contribution in [0.2, 0.25) is 5.02 Å². The molecule has 0 saturated carbocycles. The highest BCUT2D eigenvalue weighted by atomic mass is 35.5. The maximum absolute atomic E-state index is 12.1. The monoisotopic (exact) mass is 412 g/mol. The van der Waals surface area contributed by atoms with Crippen LogP contribution in [0.15, 0.2) is 10.9 Å². The molecule has 0 spiro atoms. The predicted octanol–water partition coefficient (Wildman–Crippen LogP) is 2.70. The summed E-state index contributed by atoms with van der Waals surface area (Å²) < 4.78 is 0. The maximum Gasteiger partial charge on any atom is 0.262 e. The summed E-state index contributed by atoms with van der Waals surface area (Å²) in [6, 6.07) is 1.32. The van der Waals surface area contributed by atoms with E-state index < -0.39 is 11.5 Å². The number of nitrogens with one attached hydrogen (secondary N) is 2. The Morgan fingerprint density at radius 1 is 1.40 bits per heavy atom. The zero-order chi connectivity index (χ0) is 16.8. The van der Waals surface area contributed by atoms with Gasteiger partial charge in [-0.2, -0.15) is 0 Å². The fraction of sp³-hybridized carbons (Fsp3) is 0.625. The van der Waals surface area contributed by atoms with Crippen LogP contribution in [0.1, 0.15) is 43.0 Å². The molecule has 1 fully saturated rings. The van der Waals surface area contributed by atoms with Gasteiger partial charge in [-0.1, -0.05) is 24.9 Å². The maximum atomic E-state index is 12.1. The van der Waals surface area contributed by atoms with E-state index in [-0.39, 0.29) is 41.2 Å². The SMILES string of the molecule is CCCCN1CCC(CNC(=O)c2cc(Cl)c(N)[nH]c2=O)CC1.Cl.Cl. The number of unbranched alkanes of at least 4 members (excludes halogenated alkanes) is 1. The molecule has 0 radical (unpaired) electrons. The number of anilines is 1. The Morgan fingerprint density at radius 3 is 2.64 bits per heavy atom. The van der Waals surface area contributed by atoms with Crippen LogP contribution >= 0.6 is 36.4 Å². The topological polar surface area (TPSA) is 91.2 Å². The van der Waals surface area contributed by atoms with E-state index in [2.05, 4.69) is 22.1 Å². The number of hydrogen-bond acceptors (Lipinski definition) is 4. The number of aromatic nitrogens is 1. The van der Waals surface area contributed by atoms with Crippen molar-refractivity contribution in [3.05, 3.63) is 27.0 Å². The number of piperidine rings is 1. The van der Waals surface area contributed by atoms with Crippen LogP contribution in [0.5, 0.6) is 0 Å². The van der Waals surface area contributed by atoms with Gasteiger partial charge in [0.05, 0.1) is 5.02 Å². The number of likely N-dealkylation sites (tertiary alicyclic amines) is 1. The molecule has 1 aliphatic rings. The van der Waals surface area contributed by atoms with Gasteiger partial charge in [0.2, 0.25) is 0 Å². The zero-order valence-electron chi connectivity index (χ0n) is 14.3. The van der Waals surface area contributed by atoms with Gasteiger partial charge < -0.3 is 20.9 Å². The number of pyridine rings is 1. The van der Waals surface area contributed by atoms with E-state index in [4.69, 9.17) is 17.3 Å². The number of halogens is 3. The van der Waals surface area contributed by atoms with Gasteiger partial charge in [-0.15, -0.1) is 24.8 Å². The lowest BCUT2D eigenvalue weighted by molar-refractivity contribution is 0.0934. The second-order valence-electron chi connectivity index (χ2n) is 6.12. The van der Waals surface area contributed by atoms with Crippen LogP contribution in [0.3, 0.4) is 0 Å². The van der Waals surface area contributed by atoms with Gasteiger partial charge in [0.15, 0.2) is 0 Å². The van der Waals surface area contributed by atoms with Crippen molar-refractivity contribution in [3.63, 3.8) is 0 Å². The molecule has 1 amide bonds. The predicted molar refractivity (Wildman–Crippen MR) is 107 cm³/mol. The minimum absolute atomic E-state index is 0. The number of nitrogens with zero attached hydrogens (tertiary/aromatic N) is 1. The molecule has 0 bridgehead atoms. The summed E-state index contributed by atoms with van der Waals surface area (Å²) in [6.07, 6.45) is 4.60. The number of amides is 1. The van der Waals surface area contributed by atoms with Crippen LogP contribution in [0.25, 0.3) is 0 Å². The van der Waals surface area contributed by atoms with E-state index in [1.807, 2.05) is 0 Å². The fourth-order valence-corrected chi connectivity index (χ4v) is 2.97. The van der Waals surface area contributed by atoms with Crippen molar-refractivity contribution < 1.29 is 4.79 Å². The number of aromatic amines is 1. The Labute approximate surface area is 165 Å². The molecule has 1 aromatic rings. The van der Waals surface area contributed by atoms with Crippen molar-refractivity contribution in [3.8, 4) is 0 Å². The molecule has 1 aromatic heterocycles. The number of carbonyl (C=O) groups excluding carboxylic acids is 1. The number of rotatable bonds is 6. The van der Waals surface area contributed by atoms with Crippen molar-refractivity contribution in [2.45, 2.75) is 32.6 Å². The molecule has 0 unspecified atom stereocenters. The average molecular weight is 414 g/mol. The number of nitrogens with two attached hydrogens (primary N) is 1. The molecule has 2 heterocycles. The van der Waals surface area contributed by atoms with E-state index in [1.165, 1.54) is 18.9 Å². The van der Waals surface area contributed by atoms with Crippen LogP contribution < -0.4 is 16.6 Å². The molecule has 0 aromatic carbocycles. The summed E-state index contributed by atoms with van der Waals surface area (Å²) in [7, 11) is 0. The van der Waals surface area contributed by atoms with Crippen molar-refractivity contribution in [2.75, 3.05) is 31.9 Å². The standard InChI is InChI=1S/C16H25ClN4O2.2ClH/c1-2-3-6-21-7-4-11(5-8-21)10-19-15(22)12-9-13(17)14(18)20-16(12)23;;/h9,11H,2-8,10H2,1H3,(H,19,22)(H3,18,20,23);2*1H.